The van der Waals surface area contributed by atoms with E-state index in [4.69, 9.17) is 22.1 Å². The lowest BCUT2D eigenvalue weighted by Crippen LogP contribution is -2.17. The van der Waals surface area contributed by atoms with Gasteiger partial charge in [0.2, 0.25) is 11.9 Å². The van der Waals surface area contributed by atoms with Crippen molar-refractivity contribution in [3.05, 3.63) is 41.1 Å². The molecule has 0 aliphatic carbocycles. The van der Waals surface area contributed by atoms with E-state index >= 15 is 0 Å². The predicted molar refractivity (Wildman–Crippen MR) is 87.9 cm³/mol. The Hall–Kier alpha value is -2.94. The summed E-state index contributed by atoms with van der Waals surface area (Å²) in [4.78, 5) is 30.2. The first-order valence-corrected chi connectivity index (χ1v) is 7.31. The van der Waals surface area contributed by atoms with Crippen LogP contribution in [0.4, 0.5) is 11.9 Å². The third kappa shape index (κ3) is 3.06. The molecule has 10 heteroatoms. The maximum Gasteiger partial charge on any atom is 0.359 e. The second-order valence-corrected chi connectivity index (χ2v) is 5.42. The SMILES string of the molecule is CN(C)c1nc(N)nc(COC(=O)c2c(Cl)nc3ccccn23)n1. The molecule has 3 heterocycles. The molecule has 0 amide bonds. The number of hydrogen-bond donors (Lipinski definition) is 1. The molecular formula is C14H14ClN7O2. The number of anilines is 2. The number of halogens is 1. The lowest BCUT2D eigenvalue weighted by atomic mass is 10.4. The molecule has 0 aliphatic heterocycles. The average Bonchev–Trinajstić information content (AvgIpc) is 2.88. The van der Waals surface area contributed by atoms with Crippen LogP contribution in [-0.2, 0) is 11.3 Å². The molecule has 24 heavy (non-hydrogen) atoms. The van der Waals surface area contributed by atoms with Crippen LogP contribution in [0.5, 0.6) is 0 Å². The van der Waals surface area contributed by atoms with Crippen LogP contribution in [0, 0.1) is 0 Å². The Morgan fingerprint density at radius 2 is 2.08 bits per heavy atom. The summed E-state index contributed by atoms with van der Waals surface area (Å²) in [7, 11) is 3.53. The van der Waals surface area contributed by atoms with Crippen molar-refractivity contribution in [1.29, 1.82) is 0 Å². The van der Waals surface area contributed by atoms with Gasteiger partial charge in [-0.25, -0.2) is 9.78 Å². The van der Waals surface area contributed by atoms with Crippen molar-refractivity contribution in [3.63, 3.8) is 0 Å². The number of nitrogens with two attached hydrogens (primary N) is 1. The summed E-state index contributed by atoms with van der Waals surface area (Å²) in [5.41, 5.74) is 6.32. The van der Waals surface area contributed by atoms with E-state index in [1.165, 1.54) is 0 Å². The number of hydrogen-bond acceptors (Lipinski definition) is 8. The Labute approximate surface area is 142 Å². The van der Waals surface area contributed by atoms with Gasteiger partial charge < -0.3 is 15.4 Å². The standard InChI is InChI=1S/C14H14ClN7O2/c1-21(2)14-18-8(17-13(16)20-14)7-24-12(23)10-11(15)19-9-5-3-4-6-22(9)10/h3-6H,7H2,1-2H3,(H2,16,17,18,20). The van der Waals surface area contributed by atoms with Gasteiger partial charge in [-0.15, -0.1) is 0 Å². The molecule has 0 bridgehead atoms. The molecule has 0 unspecified atom stereocenters. The number of carbonyl (C=O) groups is 1. The maximum absolute atomic E-state index is 12.3. The van der Waals surface area contributed by atoms with Gasteiger partial charge in [-0.3, -0.25) is 4.40 Å². The minimum atomic E-state index is -0.635. The van der Waals surface area contributed by atoms with Gasteiger partial charge in [-0.2, -0.15) is 15.0 Å². The van der Waals surface area contributed by atoms with Crippen molar-refractivity contribution in [1.82, 2.24) is 24.3 Å². The third-order valence-corrected chi connectivity index (χ3v) is 3.36. The van der Waals surface area contributed by atoms with E-state index in [1.807, 2.05) is 0 Å². The van der Waals surface area contributed by atoms with Crippen molar-refractivity contribution in [2.75, 3.05) is 24.7 Å². The van der Waals surface area contributed by atoms with Crippen molar-refractivity contribution in [2.45, 2.75) is 6.61 Å². The van der Waals surface area contributed by atoms with Gasteiger partial charge in [0.05, 0.1) is 0 Å². The average molecular weight is 348 g/mol. The molecule has 3 aromatic rings. The number of esters is 1. The number of nitrogens with zero attached hydrogens (tertiary/aromatic N) is 6. The second-order valence-electron chi connectivity index (χ2n) is 5.06. The van der Waals surface area contributed by atoms with Crippen LogP contribution >= 0.6 is 11.6 Å². The zero-order valence-electron chi connectivity index (χ0n) is 13.0. The molecule has 0 aromatic carbocycles. The zero-order chi connectivity index (χ0) is 17.3. The summed E-state index contributed by atoms with van der Waals surface area (Å²) in [6, 6.07) is 5.29. The first-order chi connectivity index (χ1) is 11.5. The largest absolute Gasteiger partial charge is 0.453 e. The second kappa shape index (κ2) is 6.28. The number of ether oxygens (including phenoxy) is 1. The third-order valence-electron chi connectivity index (χ3n) is 3.10. The molecule has 124 valence electrons. The monoisotopic (exact) mass is 347 g/mol. The molecule has 3 aromatic heterocycles. The summed E-state index contributed by atoms with van der Waals surface area (Å²) < 4.78 is 6.79. The van der Waals surface area contributed by atoms with Gasteiger partial charge in [0.25, 0.3) is 0 Å². The lowest BCUT2D eigenvalue weighted by molar-refractivity contribution is 0.0454. The molecule has 2 N–H and O–H groups in total. The quantitative estimate of drug-likeness (QED) is 0.700. The summed E-state index contributed by atoms with van der Waals surface area (Å²) in [6.07, 6.45) is 1.68. The zero-order valence-corrected chi connectivity index (χ0v) is 13.7. The number of aromatic nitrogens is 5. The Morgan fingerprint density at radius 3 is 2.83 bits per heavy atom. The minimum absolute atomic E-state index is 0.0487. The summed E-state index contributed by atoms with van der Waals surface area (Å²) in [6.45, 7) is -0.164. The van der Waals surface area contributed by atoms with Gasteiger partial charge in [0.15, 0.2) is 23.3 Å². The highest BCUT2D eigenvalue weighted by molar-refractivity contribution is 6.32. The van der Waals surface area contributed by atoms with Crippen LogP contribution in [0.2, 0.25) is 5.15 Å². The topological polar surface area (TPSA) is 112 Å². The summed E-state index contributed by atoms with van der Waals surface area (Å²) in [5, 5.41) is 0.0651. The fourth-order valence-corrected chi connectivity index (χ4v) is 2.29. The number of rotatable bonds is 4. The molecule has 0 aliphatic rings. The van der Waals surface area contributed by atoms with Crippen LogP contribution in [0.15, 0.2) is 24.4 Å². The van der Waals surface area contributed by atoms with E-state index in [9.17, 15) is 4.79 Å². The number of carbonyl (C=O) groups excluding carboxylic acids is 1. The van der Waals surface area contributed by atoms with Gasteiger partial charge in [0.1, 0.15) is 5.65 Å². The van der Waals surface area contributed by atoms with E-state index in [1.54, 1.807) is 47.8 Å². The van der Waals surface area contributed by atoms with Crippen molar-refractivity contribution in [3.8, 4) is 0 Å². The van der Waals surface area contributed by atoms with Crippen LogP contribution in [0.1, 0.15) is 16.3 Å². The van der Waals surface area contributed by atoms with Crippen molar-refractivity contribution in [2.24, 2.45) is 0 Å². The molecule has 3 rings (SSSR count). The van der Waals surface area contributed by atoms with Crippen LogP contribution < -0.4 is 10.6 Å². The van der Waals surface area contributed by atoms with Crippen LogP contribution in [-0.4, -0.2) is 44.4 Å². The van der Waals surface area contributed by atoms with E-state index in [-0.39, 0.29) is 29.2 Å². The van der Waals surface area contributed by atoms with E-state index in [0.29, 0.717) is 11.6 Å². The molecule has 0 spiro atoms. The first-order valence-electron chi connectivity index (χ1n) is 6.93. The first kappa shape index (κ1) is 15.9. The van der Waals surface area contributed by atoms with Crippen LogP contribution in [0.25, 0.3) is 5.65 Å². The summed E-state index contributed by atoms with van der Waals surface area (Å²) in [5.74, 6) is 0.0301. The Balaban J connectivity index is 1.82. The van der Waals surface area contributed by atoms with Gasteiger partial charge >= 0.3 is 5.97 Å². The predicted octanol–water partition coefficient (Wildman–Crippen LogP) is 1.18. The van der Waals surface area contributed by atoms with Crippen molar-refractivity contribution >= 4 is 35.1 Å². The lowest BCUT2D eigenvalue weighted by Gasteiger charge is -2.11. The molecule has 0 radical (unpaired) electrons. The molecule has 9 nitrogen and oxygen atoms in total. The molecular weight excluding hydrogens is 334 g/mol. The number of fused-ring (bicyclic) bond motifs is 1. The maximum atomic E-state index is 12.3. The van der Waals surface area contributed by atoms with E-state index < -0.39 is 5.97 Å². The van der Waals surface area contributed by atoms with Gasteiger partial charge in [-0.1, -0.05) is 17.7 Å². The highest BCUT2D eigenvalue weighted by Crippen LogP contribution is 2.19. The highest BCUT2D eigenvalue weighted by Gasteiger charge is 2.20. The molecule has 0 atom stereocenters. The summed E-state index contributed by atoms with van der Waals surface area (Å²) >= 11 is 6.04. The van der Waals surface area contributed by atoms with Gasteiger partial charge in [0, 0.05) is 20.3 Å². The molecule has 0 fully saturated rings. The Morgan fingerprint density at radius 1 is 1.29 bits per heavy atom. The minimum Gasteiger partial charge on any atom is -0.453 e. The van der Waals surface area contributed by atoms with E-state index in [0.717, 1.165) is 0 Å². The molecule has 0 saturated carbocycles. The normalized spacial score (nSPS) is 10.8. The van der Waals surface area contributed by atoms with Crippen molar-refractivity contribution < 1.29 is 9.53 Å². The number of pyridine rings is 1. The van der Waals surface area contributed by atoms with Gasteiger partial charge in [-0.05, 0) is 12.1 Å². The Bertz CT molecular complexity index is 909. The molecule has 0 saturated heterocycles. The van der Waals surface area contributed by atoms with Crippen LogP contribution in [0.3, 0.4) is 0 Å². The Kier molecular flexibility index (Phi) is 4.17. The highest BCUT2D eigenvalue weighted by atomic mass is 35.5. The fourth-order valence-electron chi connectivity index (χ4n) is 2.04. The smallest absolute Gasteiger partial charge is 0.359 e. The van der Waals surface area contributed by atoms with E-state index in [2.05, 4.69) is 19.9 Å². The number of imidazole rings is 1. The fraction of sp³-hybridized carbons (Fsp3) is 0.214. The number of nitrogen functional groups attached to an aromatic ring is 1.